The van der Waals surface area contributed by atoms with Crippen LogP contribution in [-0.4, -0.2) is 9.91 Å². The van der Waals surface area contributed by atoms with Crippen molar-refractivity contribution in [3.63, 3.8) is 0 Å². The van der Waals surface area contributed by atoms with Gasteiger partial charge in [0.25, 0.3) is 0 Å². The van der Waals surface area contributed by atoms with Crippen LogP contribution in [0, 0.1) is 22.9 Å². The van der Waals surface area contributed by atoms with Crippen molar-refractivity contribution in [2.45, 2.75) is 20.0 Å². The van der Waals surface area contributed by atoms with Crippen molar-refractivity contribution in [2.75, 3.05) is 0 Å². The molecule has 2 rings (SSSR count). The van der Waals surface area contributed by atoms with E-state index in [9.17, 15) is 14.5 Å². The van der Waals surface area contributed by atoms with Gasteiger partial charge >= 0.3 is 5.69 Å². The monoisotopic (exact) mass is 275 g/mol. The molecular weight excluding hydrogens is 261 g/mol. The standard InChI is InChI=1S/C14H14FN3O2/c1-10-5-6-16-8-12(10)9-17-7-11-3-2-4-13(14(11)15)18(19)20/h2-6,8,17H,7,9H2,1H3. The smallest absolute Gasteiger partial charge is 0.305 e. The summed E-state index contributed by atoms with van der Waals surface area (Å²) in [5.74, 6) is -0.784. The molecule has 1 N–H and O–H groups in total. The van der Waals surface area contributed by atoms with E-state index in [4.69, 9.17) is 0 Å². The predicted molar refractivity (Wildman–Crippen MR) is 72.6 cm³/mol. The molecule has 5 nitrogen and oxygen atoms in total. The van der Waals surface area contributed by atoms with Gasteiger partial charge in [-0.1, -0.05) is 12.1 Å². The highest BCUT2D eigenvalue weighted by atomic mass is 19.1. The second-order valence-corrected chi connectivity index (χ2v) is 4.41. The van der Waals surface area contributed by atoms with Crippen LogP contribution in [0.2, 0.25) is 0 Å². The van der Waals surface area contributed by atoms with Crippen molar-refractivity contribution in [1.82, 2.24) is 10.3 Å². The number of hydrogen-bond donors (Lipinski definition) is 1. The third kappa shape index (κ3) is 3.16. The van der Waals surface area contributed by atoms with Gasteiger partial charge < -0.3 is 5.32 Å². The summed E-state index contributed by atoms with van der Waals surface area (Å²) in [6.45, 7) is 2.72. The number of nitrogens with zero attached hydrogens (tertiary/aromatic N) is 2. The lowest BCUT2D eigenvalue weighted by atomic mass is 10.1. The number of hydrogen-bond acceptors (Lipinski definition) is 4. The molecule has 0 aliphatic rings. The van der Waals surface area contributed by atoms with E-state index in [2.05, 4.69) is 10.3 Å². The van der Waals surface area contributed by atoms with Gasteiger partial charge in [-0.05, 0) is 24.1 Å². The molecule has 0 radical (unpaired) electrons. The van der Waals surface area contributed by atoms with E-state index in [1.165, 1.54) is 12.1 Å². The second-order valence-electron chi connectivity index (χ2n) is 4.41. The fraction of sp³-hybridized carbons (Fsp3) is 0.214. The van der Waals surface area contributed by atoms with Crippen LogP contribution < -0.4 is 5.32 Å². The topological polar surface area (TPSA) is 68.1 Å². The summed E-state index contributed by atoms with van der Waals surface area (Å²) >= 11 is 0. The second kappa shape index (κ2) is 6.21. The molecule has 20 heavy (non-hydrogen) atoms. The van der Waals surface area contributed by atoms with Gasteiger partial charge in [0.05, 0.1) is 4.92 Å². The van der Waals surface area contributed by atoms with Crippen molar-refractivity contribution >= 4 is 5.69 Å². The molecule has 0 aliphatic carbocycles. The van der Waals surface area contributed by atoms with Gasteiger partial charge in [0.15, 0.2) is 0 Å². The van der Waals surface area contributed by atoms with Crippen molar-refractivity contribution in [2.24, 2.45) is 0 Å². The Kier molecular flexibility index (Phi) is 4.37. The SMILES string of the molecule is Cc1ccncc1CNCc1cccc([N+](=O)[O-])c1F. The third-order valence-electron chi connectivity index (χ3n) is 3.03. The van der Waals surface area contributed by atoms with Crippen LogP contribution >= 0.6 is 0 Å². The molecule has 0 saturated carbocycles. The summed E-state index contributed by atoms with van der Waals surface area (Å²) in [6, 6.07) is 6.06. The van der Waals surface area contributed by atoms with E-state index >= 15 is 0 Å². The Morgan fingerprint density at radius 3 is 2.75 bits per heavy atom. The van der Waals surface area contributed by atoms with Gasteiger partial charge in [0, 0.05) is 37.1 Å². The van der Waals surface area contributed by atoms with E-state index in [1.54, 1.807) is 12.4 Å². The summed E-state index contributed by atoms with van der Waals surface area (Å²) in [5, 5.41) is 13.7. The summed E-state index contributed by atoms with van der Waals surface area (Å²) in [6.07, 6.45) is 3.45. The van der Waals surface area contributed by atoms with Gasteiger partial charge in [-0.15, -0.1) is 0 Å². The molecule has 1 heterocycles. The molecule has 6 heteroatoms. The largest absolute Gasteiger partial charge is 0.308 e. The highest BCUT2D eigenvalue weighted by Gasteiger charge is 2.16. The molecule has 0 atom stereocenters. The fourth-order valence-electron chi connectivity index (χ4n) is 1.86. The number of aromatic nitrogens is 1. The molecule has 0 bridgehead atoms. The first kappa shape index (κ1) is 14.1. The zero-order chi connectivity index (χ0) is 14.5. The van der Waals surface area contributed by atoms with Gasteiger partial charge in [-0.2, -0.15) is 4.39 Å². The summed E-state index contributed by atoms with van der Waals surface area (Å²) in [4.78, 5) is 14.0. The predicted octanol–water partition coefficient (Wildman–Crippen LogP) is 2.73. The van der Waals surface area contributed by atoms with Crippen molar-refractivity contribution < 1.29 is 9.31 Å². The van der Waals surface area contributed by atoms with Crippen LogP contribution in [0.3, 0.4) is 0 Å². The molecule has 0 saturated heterocycles. The Labute approximate surface area is 115 Å². The lowest BCUT2D eigenvalue weighted by molar-refractivity contribution is -0.387. The minimum Gasteiger partial charge on any atom is -0.308 e. The Balaban J connectivity index is 2.03. The Hall–Kier alpha value is -2.34. The first-order chi connectivity index (χ1) is 9.59. The van der Waals surface area contributed by atoms with E-state index < -0.39 is 16.4 Å². The molecule has 0 aliphatic heterocycles. The number of halogens is 1. The lowest BCUT2D eigenvalue weighted by Crippen LogP contribution is -2.15. The average Bonchev–Trinajstić information content (AvgIpc) is 2.42. The third-order valence-corrected chi connectivity index (χ3v) is 3.03. The Bertz CT molecular complexity index is 632. The Morgan fingerprint density at radius 1 is 1.30 bits per heavy atom. The highest BCUT2D eigenvalue weighted by molar-refractivity contribution is 5.36. The molecule has 1 aromatic carbocycles. The summed E-state index contributed by atoms with van der Waals surface area (Å²) in [7, 11) is 0. The average molecular weight is 275 g/mol. The number of pyridine rings is 1. The lowest BCUT2D eigenvalue weighted by Gasteiger charge is -2.08. The molecule has 1 aromatic heterocycles. The molecule has 0 amide bonds. The maximum absolute atomic E-state index is 13.8. The van der Waals surface area contributed by atoms with Crippen molar-refractivity contribution in [1.29, 1.82) is 0 Å². The maximum atomic E-state index is 13.8. The zero-order valence-corrected chi connectivity index (χ0v) is 11.0. The van der Waals surface area contributed by atoms with Gasteiger partial charge in [0.2, 0.25) is 5.82 Å². The number of nitrogens with one attached hydrogen (secondary N) is 1. The van der Waals surface area contributed by atoms with Crippen LogP contribution in [-0.2, 0) is 13.1 Å². The van der Waals surface area contributed by atoms with Crippen LogP contribution in [0.1, 0.15) is 16.7 Å². The van der Waals surface area contributed by atoms with Gasteiger partial charge in [-0.25, -0.2) is 0 Å². The zero-order valence-electron chi connectivity index (χ0n) is 11.0. The van der Waals surface area contributed by atoms with Crippen LogP contribution in [0.4, 0.5) is 10.1 Å². The van der Waals surface area contributed by atoms with Crippen LogP contribution in [0.25, 0.3) is 0 Å². The number of aryl methyl sites for hydroxylation is 1. The molecule has 0 unspecified atom stereocenters. The molecule has 0 spiro atoms. The van der Waals surface area contributed by atoms with Crippen LogP contribution in [0.5, 0.6) is 0 Å². The molecule has 2 aromatic rings. The fourth-order valence-corrected chi connectivity index (χ4v) is 1.86. The minimum atomic E-state index is -0.784. The van der Waals surface area contributed by atoms with Gasteiger partial charge in [-0.3, -0.25) is 15.1 Å². The molecular formula is C14H14FN3O2. The normalized spacial score (nSPS) is 10.5. The highest BCUT2D eigenvalue weighted by Crippen LogP contribution is 2.20. The van der Waals surface area contributed by atoms with E-state index in [0.29, 0.717) is 6.54 Å². The van der Waals surface area contributed by atoms with Crippen LogP contribution in [0.15, 0.2) is 36.7 Å². The van der Waals surface area contributed by atoms with Gasteiger partial charge in [0.1, 0.15) is 0 Å². The van der Waals surface area contributed by atoms with E-state index in [1.807, 2.05) is 13.0 Å². The molecule has 104 valence electrons. The minimum absolute atomic E-state index is 0.224. The van der Waals surface area contributed by atoms with Crippen molar-refractivity contribution in [3.05, 3.63) is 69.3 Å². The maximum Gasteiger partial charge on any atom is 0.305 e. The summed E-state index contributed by atoms with van der Waals surface area (Å²) < 4.78 is 13.8. The quantitative estimate of drug-likeness (QED) is 0.673. The Morgan fingerprint density at radius 2 is 2.05 bits per heavy atom. The number of nitro benzene ring substituents is 1. The number of nitro groups is 1. The first-order valence-electron chi connectivity index (χ1n) is 6.11. The number of benzene rings is 1. The van der Waals surface area contributed by atoms with E-state index in [-0.39, 0.29) is 12.1 Å². The number of rotatable bonds is 5. The summed E-state index contributed by atoms with van der Waals surface area (Å²) in [5.41, 5.74) is 1.88. The first-order valence-corrected chi connectivity index (χ1v) is 6.11. The molecule has 0 fully saturated rings. The van der Waals surface area contributed by atoms with Crippen molar-refractivity contribution in [3.8, 4) is 0 Å². The van der Waals surface area contributed by atoms with E-state index in [0.717, 1.165) is 17.2 Å².